The summed E-state index contributed by atoms with van der Waals surface area (Å²) in [5, 5.41) is 3.83. The van der Waals surface area contributed by atoms with Gasteiger partial charge in [-0.3, -0.25) is 18.9 Å². The second-order valence-corrected chi connectivity index (χ2v) is 9.91. The van der Waals surface area contributed by atoms with Gasteiger partial charge in [0.05, 0.1) is 11.4 Å². The fourth-order valence-corrected chi connectivity index (χ4v) is 4.87. The summed E-state index contributed by atoms with van der Waals surface area (Å²) in [6.45, 7) is 4.98. The van der Waals surface area contributed by atoms with Crippen molar-refractivity contribution in [2.24, 2.45) is 0 Å². The van der Waals surface area contributed by atoms with Crippen molar-refractivity contribution >= 4 is 51.4 Å². The van der Waals surface area contributed by atoms with E-state index in [0.717, 1.165) is 34.4 Å². The third-order valence-corrected chi connectivity index (χ3v) is 6.83. The van der Waals surface area contributed by atoms with Crippen LogP contribution in [0.5, 0.6) is 5.75 Å². The number of rotatable bonds is 10. The molecule has 42 heavy (non-hydrogen) atoms. The van der Waals surface area contributed by atoms with Crippen LogP contribution in [0.25, 0.3) is 28.2 Å². The maximum atomic E-state index is 13.9. The molecule has 0 saturated carbocycles. The number of alkyl halides is 1. The average Bonchev–Trinajstić information content (AvgIpc) is 3.42. The van der Waals surface area contributed by atoms with Crippen LogP contribution in [0.1, 0.15) is 42.9 Å². The molecule has 0 amide bonds. The monoisotopic (exact) mass is 594 g/mol. The number of ether oxygens (including phenoxy) is 1. The van der Waals surface area contributed by atoms with Crippen molar-refractivity contribution in [1.82, 2.24) is 19.7 Å². The fraction of sp³-hybridized carbons (Fsp3) is 0.250. The van der Waals surface area contributed by atoms with Crippen LogP contribution in [0.15, 0.2) is 86.9 Å². The van der Waals surface area contributed by atoms with Gasteiger partial charge in [-0.15, -0.1) is 0 Å². The molecule has 0 spiro atoms. The molecule has 212 valence electrons. The molecule has 0 aliphatic heterocycles. The molecule has 5 aromatic rings. The van der Waals surface area contributed by atoms with Crippen LogP contribution in [0.2, 0.25) is 0 Å². The van der Waals surface area contributed by atoms with Crippen LogP contribution < -0.4 is 16.1 Å². The fourth-order valence-electron chi connectivity index (χ4n) is 4.87. The van der Waals surface area contributed by atoms with E-state index in [1.165, 1.54) is 0 Å². The molecular formula is C32H32FKN4O4. The Kier molecular flexibility index (Phi) is 10.9. The second kappa shape index (κ2) is 14.3. The Bertz CT molecular complexity index is 1760. The van der Waals surface area contributed by atoms with Gasteiger partial charge in [-0.25, -0.2) is 14.2 Å². The van der Waals surface area contributed by atoms with E-state index in [1.807, 2.05) is 55.5 Å². The van der Waals surface area contributed by atoms with Gasteiger partial charge in [-0.05, 0) is 61.2 Å². The molecule has 0 saturated heterocycles. The predicted molar refractivity (Wildman–Crippen MR) is 163 cm³/mol. The molecule has 0 aliphatic carbocycles. The van der Waals surface area contributed by atoms with E-state index < -0.39 is 18.5 Å². The molecule has 1 atom stereocenters. The molecule has 8 nitrogen and oxygen atoms in total. The van der Waals surface area contributed by atoms with Crippen molar-refractivity contribution in [3.63, 3.8) is 0 Å². The standard InChI is InChI=1S/C32H31FN4O4.K.H/c1-4-7-29-28(31(38)37(21(3)34-29)24-14-16-25(17-15-24)40-20(2)19-33)18-22-10-12-23(13-11-22)26-8-5-6-9-27(26)30-35-32(39)41-36-30;;/h5-6,8-17,20H,4,7,18-19H2,1-3H3,(H,35,36,39);;. The number of hydrogen-bond donors (Lipinski definition) is 1. The van der Waals surface area contributed by atoms with E-state index in [0.29, 0.717) is 41.5 Å². The number of H-pyrrole nitrogens is 1. The molecule has 0 aliphatic rings. The number of halogens is 1. The first-order valence-corrected chi connectivity index (χ1v) is 13.6. The Hall–Kier alpha value is -3.15. The van der Waals surface area contributed by atoms with Gasteiger partial charge in [-0.1, -0.05) is 67.0 Å². The summed E-state index contributed by atoms with van der Waals surface area (Å²) >= 11 is 0. The zero-order chi connectivity index (χ0) is 28.9. The average molecular weight is 595 g/mol. The Labute approximate surface area is 285 Å². The van der Waals surface area contributed by atoms with E-state index in [9.17, 15) is 14.0 Å². The van der Waals surface area contributed by atoms with Gasteiger partial charge < -0.3 is 4.74 Å². The summed E-state index contributed by atoms with van der Waals surface area (Å²) in [6, 6.07) is 22.6. The summed E-state index contributed by atoms with van der Waals surface area (Å²) in [7, 11) is 0. The number of aromatic amines is 1. The van der Waals surface area contributed by atoms with Gasteiger partial charge >= 0.3 is 57.1 Å². The first-order valence-electron chi connectivity index (χ1n) is 13.6. The van der Waals surface area contributed by atoms with Gasteiger partial charge in [-0.2, -0.15) is 0 Å². The Morgan fingerprint density at radius 2 is 1.69 bits per heavy atom. The minimum atomic E-state index is -0.610. The quantitative estimate of drug-likeness (QED) is 0.224. The van der Waals surface area contributed by atoms with Crippen LogP contribution in [-0.4, -0.2) is 83.9 Å². The predicted octanol–water partition coefficient (Wildman–Crippen LogP) is 5.18. The molecule has 2 heterocycles. The van der Waals surface area contributed by atoms with Crippen molar-refractivity contribution in [3.8, 4) is 34.0 Å². The van der Waals surface area contributed by atoms with E-state index >= 15 is 0 Å². The summed E-state index contributed by atoms with van der Waals surface area (Å²) in [5.74, 6) is 0.894. The molecule has 0 bridgehead atoms. The zero-order valence-corrected chi connectivity index (χ0v) is 23.2. The first-order chi connectivity index (χ1) is 19.9. The van der Waals surface area contributed by atoms with Gasteiger partial charge in [0.1, 0.15) is 24.4 Å². The van der Waals surface area contributed by atoms with Gasteiger partial charge in [0.25, 0.3) is 5.56 Å². The van der Waals surface area contributed by atoms with E-state index in [-0.39, 0.29) is 56.9 Å². The van der Waals surface area contributed by atoms with Crippen molar-refractivity contribution in [3.05, 3.63) is 116 Å². The molecule has 2 aromatic heterocycles. The van der Waals surface area contributed by atoms with E-state index in [2.05, 4.69) is 17.1 Å². The van der Waals surface area contributed by atoms with Crippen LogP contribution in [0.4, 0.5) is 4.39 Å². The zero-order valence-electron chi connectivity index (χ0n) is 23.2. The van der Waals surface area contributed by atoms with Gasteiger partial charge in [0.15, 0.2) is 5.82 Å². The topological polar surface area (TPSA) is 103 Å². The summed E-state index contributed by atoms with van der Waals surface area (Å²) < 4.78 is 24.7. The third kappa shape index (κ3) is 7.07. The Morgan fingerprint density at radius 1 is 1.00 bits per heavy atom. The van der Waals surface area contributed by atoms with Crippen LogP contribution in [-0.2, 0) is 12.8 Å². The minimum absolute atomic E-state index is 0. The van der Waals surface area contributed by atoms with Crippen molar-refractivity contribution in [1.29, 1.82) is 0 Å². The van der Waals surface area contributed by atoms with E-state index in [4.69, 9.17) is 14.2 Å². The SMILES string of the molecule is CCCc1nc(C)n(-c2ccc(OC(C)CF)cc2)c(=O)c1Cc1ccc(-c2ccccc2-c2noc(=O)[nH]2)cc1.[KH]. The van der Waals surface area contributed by atoms with Gasteiger partial charge in [0, 0.05) is 17.5 Å². The number of nitrogens with one attached hydrogen (secondary N) is 1. The third-order valence-electron chi connectivity index (χ3n) is 6.83. The molecule has 1 N–H and O–H groups in total. The van der Waals surface area contributed by atoms with Crippen LogP contribution in [0.3, 0.4) is 0 Å². The summed E-state index contributed by atoms with van der Waals surface area (Å²) in [6.07, 6.45) is 1.44. The molecule has 10 heteroatoms. The number of aryl methyl sites for hydroxylation is 2. The maximum absolute atomic E-state index is 13.9. The molecule has 0 radical (unpaired) electrons. The molecule has 1 unspecified atom stereocenters. The molecule has 0 fully saturated rings. The first kappa shape index (κ1) is 31.8. The Morgan fingerprint density at radius 3 is 2.31 bits per heavy atom. The number of aromatic nitrogens is 4. The van der Waals surface area contributed by atoms with E-state index in [1.54, 1.807) is 35.8 Å². The summed E-state index contributed by atoms with van der Waals surface area (Å²) in [4.78, 5) is 32.8. The van der Waals surface area contributed by atoms with Crippen molar-refractivity contribution < 1.29 is 13.7 Å². The molecule has 3 aromatic carbocycles. The van der Waals surface area contributed by atoms with Crippen molar-refractivity contribution in [2.45, 2.75) is 46.1 Å². The number of hydrogen-bond acceptors (Lipinski definition) is 6. The normalized spacial score (nSPS) is 11.6. The number of benzene rings is 3. The summed E-state index contributed by atoms with van der Waals surface area (Å²) in [5.41, 5.74) is 5.55. The van der Waals surface area contributed by atoms with Crippen LogP contribution in [0, 0.1) is 6.92 Å². The van der Waals surface area contributed by atoms with Crippen LogP contribution >= 0.6 is 0 Å². The molecule has 5 rings (SSSR count). The second-order valence-electron chi connectivity index (χ2n) is 9.91. The Balaban J connectivity index is 0.00000405. The van der Waals surface area contributed by atoms with Gasteiger partial charge in [0.2, 0.25) is 0 Å². The molecular weight excluding hydrogens is 562 g/mol. The number of nitrogens with zero attached hydrogens (tertiary/aromatic N) is 3. The van der Waals surface area contributed by atoms with Crippen molar-refractivity contribution in [2.75, 3.05) is 6.67 Å².